The first-order chi connectivity index (χ1) is 14.6. The second-order valence-corrected chi connectivity index (χ2v) is 10.6. The average Bonchev–Trinajstić information content (AvgIpc) is 3.12. The fourth-order valence-corrected chi connectivity index (χ4v) is 5.60. The molecule has 1 aromatic carbocycles. The Bertz CT molecular complexity index is 1060. The maximum Gasteiger partial charge on any atom is 0.243 e. The van der Waals surface area contributed by atoms with Crippen LogP contribution in [0.5, 0.6) is 0 Å². The fraction of sp³-hybridized carbons (Fsp3) is 0.500. The molecule has 1 aliphatic heterocycles. The third-order valence-electron chi connectivity index (χ3n) is 5.20. The van der Waals surface area contributed by atoms with Crippen molar-refractivity contribution in [2.75, 3.05) is 31.9 Å². The molecule has 2 heterocycles. The van der Waals surface area contributed by atoms with E-state index in [1.54, 1.807) is 4.90 Å². The van der Waals surface area contributed by atoms with E-state index in [9.17, 15) is 18.0 Å². The summed E-state index contributed by atoms with van der Waals surface area (Å²) < 4.78 is 29.0. The van der Waals surface area contributed by atoms with Gasteiger partial charge in [-0.3, -0.25) is 9.59 Å². The van der Waals surface area contributed by atoms with Crippen molar-refractivity contribution in [3.8, 4) is 0 Å². The SMILES string of the molecule is CC(=O)c1ccc(S(=O)(=O)N2CCN(C(=O)CSc3nnc(C(C)C)n3C)CC2)cc1. The number of benzene rings is 1. The molecular formula is C20H27N5O4S2. The van der Waals surface area contributed by atoms with Crippen molar-refractivity contribution in [1.29, 1.82) is 0 Å². The summed E-state index contributed by atoms with van der Waals surface area (Å²) in [7, 11) is -1.78. The first-order valence-electron chi connectivity index (χ1n) is 10.0. The molecule has 3 rings (SSSR count). The molecule has 11 heteroatoms. The van der Waals surface area contributed by atoms with Crippen LogP contribution >= 0.6 is 11.8 Å². The van der Waals surface area contributed by atoms with Crippen LogP contribution in [0, 0.1) is 0 Å². The zero-order valence-electron chi connectivity index (χ0n) is 18.1. The Morgan fingerprint density at radius 3 is 2.19 bits per heavy atom. The summed E-state index contributed by atoms with van der Waals surface area (Å²) in [5.41, 5.74) is 0.468. The zero-order valence-corrected chi connectivity index (χ0v) is 19.7. The standard InChI is InChI=1S/C20H27N5O4S2/c1-14(2)19-21-22-20(23(19)4)30-13-18(27)24-9-11-25(12-10-24)31(28,29)17-7-5-16(6-8-17)15(3)26/h5-8,14H,9-13H2,1-4H3. The van der Waals surface area contributed by atoms with Crippen LogP contribution in [0.1, 0.15) is 42.9 Å². The third kappa shape index (κ3) is 5.16. The average molecular weight is 466 g/mol. The highest BCUT2D eigenvalue weighted by Crippen LogP contribution is 2.22. The van der Waals surface area contributed by atoms with Gasteiger partial charge in [0.25, 0.3) is 0 Å². The number of rotatable bonds is 7. The number of hydrogen-bond donors (Lipinski definition) is 0. The van der Waals surface area contributed by atoms with Crippen molar-refractivity contribution in [1.82, 2.24) is 24.0 Å². The van der Waals surface area contributed by atoms with Crippen LogP contribution in [0.3, 0.4) is 0 Å². The maximum absolute atomic E-state index is 12.9. The molecule has 0 aliphatic carbocycles. The van der Waals surface area contributed by atoms with Gasteiger partial charge in [-0.1, -0.05) is 37.7 Å². The topological polar surface area (TPSA) is 105 Å². The summed E-state index contributed by atoms with van der Waals surface area (Å²) in [5, 5.41) is 8.99. The number of amides is 1. The van der Waals surface area contributed by atoms with Gasteiger partial charge in [0, 0.05) is 44.7 Å². The normalized spacial score (nSPS) is 15.5. The molecule has 2 aromatic rings. The largest absolute Gasteiger partial charge is 0.339 e. The van der Waals surface area contributed by atoms with Gasteiger partial charge in [0.1, 0.15) is 5.82 Å². The molecule has 0 bridgehead atoms. The lowest BCUT2D eigenvalue weighted by atomic mass is 10.2. The van der Waals surface area contributed by atoms with Crippen LogP contribution in [0.2, 0.25) is 0 Å². The van der Waals surface area contributed by atoms with Crippen molar-refractivity contribution < 1.29 is 18.0 Å². The molecule has 168 valence electrons. The monoisotopic (exact) mass is 465 g/mol. The molecule has 0 spiro atoms. The zero-order chi connectivity index (χ0) is 22.8. The highest BCUT2D eigenvalue weighted by molar-refractivity contribution is 7.99. The Hall–Kier alpha value is -2.24. The van der Waals surface area contributed by atoms with Crippen molar-refractivity contribution in [2.24, 2.45) is 7.05 Å². The fourth-order valence-electron chi connectivity index (χ4n) is 3.36. The Labute approximate surface area is 186 Å². The molecule has 0 saturated carbocycles. The van der Waals surface area contributed by atoms with Crippen molar-refractivity contribution in [3.05, 3.63) is 35.7 Å². The molecule has 0 atom stereocenters. The number of Topliss-reactive ketones (excluding diaryl/α,β-unsaturated/α-hetero) is 1. The van der Waals surface area contributed by atoms with Crippen LogP contribution in [0.4, 0.5) is 0 Å². The first kappa shape index (κ1) is 23.4. The lowest BCUT2D eigenvalue weighted by Gasteiger charge is -2.34. The molecular weight excluding hydrogens is 438 g/mol. The molecule has 9 nitrogen and oxygen atoms in total. The summed E-state index contributed by atoms with van der Waals surface area (Å²) >= 11 is 1.33. The van der Waals surface area contributed by atoms with Gasteiger partial charge in [0.05, 0.1) is 10.6 Å². The van der Waals surface area contributed by atoms with E-state index in [0.717, 1.165) is 5.82 Å². The number of ketones is 1. The summed E-state index contributed by atoms with van der Waals surface area (Å²) in [6.45, 7) is 6.64. The molecule has 0 unspecified atom stereocenters. The number of aromatic nitrogens is 3. The lowest BCUT2D eigenvalue weighted by Crippen LogP contribution is -2.51. The number of piperazine rings is 1. The molecule has 1 saturated heterocycles. The van der Waals surface area contributed by atoms with E-state index in [2.05, 4.69) is 10.2 Å². The van der Waals surface area contributed by atoms with Crippen LogP contribution in [-0.4, -0.2) is 76.0 Å². The van der Waals surface area contributed by atoms with Gasteiger partial charge < -0.3 is 9.47 Å². The number of carbonyl (C=O) groups is 2. The van der Waals surface area contributed by atoms with Crippen molar-refractivity contribution in [2.45, 2.75) is 36.7 Å². The minimum atomic E-state index is -3.66. The van der Waals surface area contributed by atoms with Gasteiger partial charge in [-0.15, -0.1) is 10.2 Å². The Balaban J connectivity index is 1.56. The van der Waals surface area contributed by atoms with E-state index in [-0.39, 0.29) is 41.3 Å². The summed E-state index contributed by atoms with van der Waals surface area (Å²) in [4.78, 5) is 25.8. The highest BCUT2D eigenvalue weighted by Gasteiger charge is 2.30. The quantitative estimate of drug-likeness (QED) is 0.453. The predicted octanol–water partition coefficient (Wildman–Crippen LogP) is 1.77. The van der Waals surface area contributed by atoms with Crippen molar-refractivity contribution >= 4 is 33.5 Å². The van der Waals surface area contributed by atoms with E-state index in [4.69, 9.17) is 0 Å². The van der Waals surface area contributed by atoms with E-state index in [1.165, 1.54) is 47.3 Å². The Morgan fingerprint density at radius 2 is 1.68 bits per heavy atom. The van der Waals surface area contributed by atoms with Gasteiger partial charge in [-0.2, -0.15) is 4.31 Å². The van der Waals surface area contributed by atoms with Crippen LogP contribution in [-0.2, 0) is 21.9 Å². The lowest BCUT2D eigenvalue weighted by molar-refractivity contribution is -0.129. The Kier molecular flexibility index (Phi) is 7.17. The van der Waals surface area contributed by atoms with Gasteiger partial charge in [-0.05, 0) is 19.1 Å². The molecule has 1 amide bonds. The number of thioether (sulfide) groups is 1. The van der Waals surface area contributed by atoms with Crippen LogP contribution in [0.25, 0.3) is 0 Å². The number of carbonyl (C=O) groups excluding carboxylic acids is 2. The summed E-state index contributed by atoms with van der Waals surface area (Å²) in [6, 6.07) is 5.94. The van der Waals surface area contributed by atoms with E-state index < -0.39 is 10.0 Å². The summed E-state index contributed by atoms with van der Waals surface area (Å²) in [5.74, 6) is 1.17. The number of sulfonamides is 1. The highest BCUT2D eigenvalue weighted by atomic mass is 32.2. The molecule has 1 fully saturated rings. The summed E-state index contributed by atoms with van der Waals surface area (Å²) in [6.07, 6.45) is 0. The van der Waals surface area contributed by atoms with Gasteiger partial charge in [-0.25, -0.2) is 8.42 Å². The smallest absolute Gasteiger partial charge is 0.243 e. The number of hydrogen-bond acceptors (Lipinski definition) is 7. The second kappa shape index (κ2) is 9.49. The minimum absolute atomic E-state index is 0.0537. The molecule has 1 aliphatic rings. The number of nitrogens with zero attached hydrogens (tertiary/aromatic N) is 5. The van der Waals surface area contributed by atoms with Crippen molar-refractivity contribution in [3.63, 3.8) is 0 Å². The third-order valence-corrected chi connectivity index (χ3v) is 8.12. The minimum Gasteiger partial charge on any atom is -0.339 e. The van der Waals surface area contributed by atoms with Gasteiger partial charge in [0.2, 0.25) is 15.9 Å². The second-order valence-electron chi connectivity index (χ2n) is 7.71. The Morgan fingerprint density at radius 1 is 1.06 bits per heavy atom. The van der Waals surface area contributed by atoms with E-state index in [1.807, 2.05) is 25.5 Å². The molecule has 1 aromatic heterocycles. The van der Waals surface area contributed by atoms with Crippen LogP contribution in [0.15, 0.2) is 34.3 Å². The first-order valence-corrected chi connectivity index (χ1v) is 12.4. The molecule has 0 radical (unpaired) electrons. The van der Waals surface area contributed by atoms with E-state index >= 15 is 0 Å². The van der Waals surface area contributed by atoms with Crippen LogP contribution < -0.4 is 0 Å². The molecule has 31 heavy (non-hydrogen) atoms. The molecule has 0 N–H and O–H groups in total. The maximum atomic E-state index is 12.9. The van der Waals surface area contributed by atoms with Gasteiger partial charge in [0.15, 0.2) is 10.9 Å². The van der Waals surface area contributed by atoms with Gasteiger partial charge >= 0.3 is 0 Å². The van der Waals surface area contributed by atoms with E-state index in [0.29, 0.717) is 23.8 Å². The predicted molar refractivity (Wildman–Crippen MR) is 118 cm³/mol.